The third kappa shape index (κ3) is 3.22. The van der Waals surface area contributed by atoms with Crippen molar-refractivity contribution in [2.45, 2.75) is 46.2 Å². The number of nitrogens with zero attached hydrogens (tertiary/aromatic N) is 3. The van der Waals surface area contributed by atoms with Crippen LogP contribution in [-0.2, 0) is 13.5 Å². The molecule has 0 fully saturated rings. The molecule has 0 bridgehead atoms. The van der Waals surface area contributed by atoms with Crippen LogP contribution in [0.1, 0.15) is 54.0 Å². The second-order valence-corrected chi connectivity index (χ2v) is 6.12. The number of rotatable bonds is 5. The summed E-state index contributed by atoms with van der Waals surface area (Å²) < 4.78 is 1.87. The highest BCUT2D eigenvalue weighted by atomic mass is 32.1. The molecule has 0 aromatic carbocycles. The summed E-state index contributed by atoms with van der Waals surface area (Å²) in [5, 5.41) is 9.15. The maximum Gasteiger partial charge on any atom is 0.109 e. The molecule has 2 aromatic rings. The van der Waals surface area contributed by atoms with E-state index in [1.807, 2.05) is 17.9 Å². The van der Waals surface area contributed by atoms with Crippen LogP contribution >= 0.6 is 11.3 Å². The van der Waals surface area contributed by atoms with E-state index in [-0.39, 0.29) is 12.1 Å². The average molecular weight is 278 g/mol. The summed E-state index contributed by atoms with van der Waals surface area (Å²) in [6, 6.07) is 0.539. The van der Waals surface area contributed by atoms with E-state index >= 15 is 0 Å². The van der Waals surface area contributed by atoms with Gasteiger partial charge in [0.25, 0.3) is 0 Å². The highest BCUT2D eigenvalue weighted by Gasteiger charge is 2.16. The smallest absolute Gasteiger partial charge is 0.109 e. The quantitative estimate of drug-likeness (QED) is 0.913. The first-order valence-corrected chi connectivity index (χ1v) is 7.53. The standard InChI is InChI=1S/C14H22N4S/c1-6-12-7-15-14(19-12)11(4)16-9(2)13-8-18(5)17-10(13)3/h7-9,11,16H,6H2,1-5H3. The fraction of sp³-hybridized carbons (Fsp3) is 0.571. The van der Waals surface area contributed by atoms with Gasteiger partial charge in [-0.15, -0.1) is 11.3 Å². The van der Waals surface area contributed by atoms with Gasteiger partial charge in [-0.2, -0.15) is 5.10 Å². The van der Waals surface area contributed by atoms with Gasteiger partial charge >= 0.3 is 0 Å². The highest BCUT2D eigenvalue weighted by Crippen LogP contribution is 2.24. The molecule has 2 aromatic heterocycles. The van der Waals surface area contributed by atoms with Gasteiger partial charge in [-0.1, -0.05) is 6.92 Å². The third-order valence-electron chi connectivity index (χ3n) is 3.31. The van der Waals surface area contributed by atoms with Crippen LogP contribution in [0, 0.1) is 6.92 Å². The number of thiazole rings is 1. The number of hydrogen-bond acceptors (Lipinski definition) is 4. The van der Waals surface area contributed by atoms with Crippen molar-refractivity contribution in [1.29, 1.82) is 0 Å². The normalized spacial score (nSPS) is 14.6. The topological polar surface area (TPSA) is 42.7 Å². The van der Waals surface area contributed by atoms with E-state index < -0.39 is 0 Å². The molecule has 0 radical (unpaired) electrons. The average Bonchev–Trinajstić information content (AvgIpc) is 2.95. The summed E-state index contributed by atoms with van der Waals surface area (Å²) >= 11 is 1.79. The van der Waals surface area contributed by atoms with E-state index in [1.165, 1.54) is 10.4 Å². The minimum atomic E-state index is 0.264. The molecule has 19 heavy (non-hydrogen) atoms. The first-order valence-electron chi connectivity index (χ1n) is 6.72. The third-order valence-corrected chi connectivity index (χ3v) is 4.63. The zero-order chi connectivity index (χ0) is 14.0. The molecule has 104 valence electrons. The Morgan fingerprint density at radius 3 is 2.63 bits per heavy atom. The largest absolute Gasteiger partial charge is 0.301 e. The lowest BCUT2D eigenvalue weighted by molar-refractivity contribution is 0.491. The summed E-state index contributed by atoms with van der Waals surface area (Å²) in [5.74, 6) is 0. The molecule has 0 amide bonds. The van der Waals surface area contributed by atoms with Crippen molar-refractivity contribution < 1.29 is 0 Å². The Morgan fingerprint density at radius 1 is 1.37 bits per heavy atom. The second kappa shape index (κ2) is 5.84. The lowest BCUT2D eigenvalue weighted by atomic mass is 10.1. The predicted octanol–water partition coefficient (Wildman–Crippen LogP) is 3.16. The van der Waals surface area contributed by atoms with E-state index in [2.05, 4.69) is 49.3 Å². The second-order valence-electron chi connectivity index (χ2n) is 4.97. The molecule has 5 heteroatoms. The van der Waals surface area contributed by atoms with Gasteiger partial charge in [0.15, 0.2) is 0 Å². The van der Waals surface area contributed by atoms with Gasteiger partial charge in [0.05, 0.1) is 11.7 Å². The highest BCUT2D eigenvalue weighted by molar-refractivity contribution is 7.11. The fourth-order valence-corrected chi connectivity index (χ4v) is 3.13. The first-order chi connectivity index (χ1) is 9.01. The zero-order valence-electron chi connectivity index (χ0n) is 12.3. The van der Waals surface area contributed by atoms with Gasteiger partial charge in [-0.3, -0.25) is 4.68 Å². The molecule has 0 saturated carbocycles. The van der Waals surface area contributed by atoms with Gasteiger partial charge in [0, 0.05) is 35.9 Å². The van der Waals surface area contributed by atoms with Crippen molar-refractivity contribution in [3.05, 3.63) is 33.5 Å². The molecule has 4 nitrogen and oxygen atoms in total. The molecule has 0 aliphatic rings. The van der Waals surface area contributed by atoms with Crippen molar-refractivity contribution in [1.82, 2.24) is 20.1 Å². The Hall–Kier alpha value is -1.20. The Bertz CT molecular complexity index is 543. The van der Waals surface area contributed by atoms with Crippen LogP contribution in [0.2, 0.25) is 0 Å². The maximum atomic E-state index is 4.50. The van der Waals surface area contributed by atoms with Gasteiger partial charge in [-0.05, 0) is 27.2 Å². The van der Waals surface area contributed by atoms with Gasteiger partial charge in [-0.25, -0.2) is 4.98 Å². The van der Waals surface area contributed by atoms with Crippen LogP contribution in [0.4, 0.5) is 0 Å². The van der Waals surface area contributed by atoms with Gasteiger partial charge in [0.1, 0.15) is 5.01 Å². The lowest BCUT2D eigenvalue weighted by Gasteiger charge is -2.18. The van der Waals surface area contributed by atoms with Crippen molar-refractivity contribution in [3.8, 4) is 0 Å². The number of hydrogen-bond donors (Lipinski definition) is 1. The van der Waals surface area contributed by atoms with Crippen LogP contribution in [0.15, 0.2) is 12.4 Å². The molecule has 2 rings (SSSR count). The Balaban J connectivity index is 2.06. The summed E-state index contributed by atoms with van der Waals surface area (Å²) in [7, 11) is 1.96. The Labute approximate surface area is 118 Å². The molecule has 0 saturated heterocycles. The molecule has 0 spiro atoms. The van der Waals surface area contributed by atoms with E-state index in [1.54, 1.807) is 11.3 Å². The molecule has 0 aliphatic carbocycles. The molecule has 1 N–H and O–H groups in total. The number of aromatic nitrogens is 3. The molecule has 0 aliphatic heterocycles. The maximum absolute atomic E-state index is 4.50. The van der Waals surface area contributed by atoms with Crippen LogP contribution in [-0.4, -0.2) is 14.8 Å². The first kappa shape index (κ1) is 14.2. The van der Waals surface area contributed by atoms with E-state index in [9.17, 15) is 0 Å². The van der Waals surface area contributed by atoms with E-state index in [0.29, 0.717) is 0 Å². The van der Waals surface area contributed by atoms with Crippen LogP contribution < -0.4 is 5.32 Å². The van der Waals surface area contributed by atoms with Crippen LogP contribution in [0.5, 0.6) is 0 Å². The van der Waals surface area contributed by atoms with Crippen molar-refractivity contribution in [2.24, 2.45) is 7.05 Å². The minimum Gasteiger partial charge on any atom is -0.301 e. The van der Waals surface area contributed by atoms with Crippen molar-refractivity contribution in [2.75, 3.05) is 0 Å². The molecule has 2 unspecified atom stereocenters. The Kier molecular flexibility index (Phi) is 4.37. The summed E-state index contributed by atoms with van der Waals surface area (Å²) in [4.78, 5) is 5.84. The number of nitrogens with one attached hydrogen (secondary N) is 1. The van der Waals surface area contributed by atoms with E-state index in [4.69, 9.17) is 0 Å². The fourth-order valence-electron chi connectivity index (χ4n) is 2.27. The Morgan fingerprint density at radius 2 is 2.11 bits per heavy atom. The zero-order valence-corrected chi connectivity index (χ0v) is 13.1. The van der Waals surface area contributed by atoms with E-state index in [0.717, 1.165) is 17.1 Å². The summed E-state index contributed by atoms with van der Waals surface area (Å²) in [6.07, 6.45) is 5.12. The SMILES string of the molecule is CCc1cnc(C(C)NC(C)c2cn(C)nc2C)s1. The number of aryl methyl sites for hydroxylation is 3. The van der Waals surface area contributed by atoms with Gasteiger partial charge < -0.3 is 5.32 Å². The van der Waals surface area contributed by atoms with Gasteiger partial charge in [0.2, 0.25) is 0 Å². The summed E-state index contributed by atoms with van der Waals surface area (Å²) in [6.45, 7) is 8.56. The predicted molar refractivity (Wildman–Crippen MR) is 79.4 cm³/mol. The monoisotopic (exact) mass is 278 g/mol. The van der Waals surface area contributed by atoms with Crippen molar-refractivity contribution >= 4 is 11.3 Å². The molecule has 2 heterocycles. The lowest BCUT2D eigenvalue weighted by Crippen LogP contribution is -2.22. The van der Waals surface area contributed by atoms with Crippen molar-refractivity contribution in [3.63, 3.8) is 0 Å². The molecule has 2 atom stereocenters. The van der Waals surface area contributed by atoms with Crippen LogP contribution in [0.25, 0.3) is 0 Å². The molecular formula is C14H22N4S. The van der Waals surface area contributed by atoms with Crippen LogP contribution in [0.3, 0.4) is 0 Å². The minimum absolute atomic E-state index is 0.264. The summed E-state index contributed by atoms with van der Waals surface area (Å²) in [5.41, 5.74) is 2.34. The molecular weight excluding hydrogens is 256 g/mol.